The summed E-state index contributed by atoms with van der Waals surface area (Å²) in [5, 5.41) is 3.16. The molecule has 0 heterocycles. The summed E-state index contributed by atoms with van der Waals surface area (Å²) in [5.74, 6) is 5.61. The molecule has 0 fully saturated rings. The number of rotatable bonds is 11. The first kappa shape index (κ1) is 23.4. The predicted octanol–water partition coefficient (Wildman–Crippen LogP) is 4.25. The third-order valence-corrected chi connectivity index (χ3v) is 4.86. The van der Waals surface area contributed by atoms with E-state index in [1.165, 1.54) is 0 Å². The van der Waals surface area contributed by atoms with Gasteiger partial charge in [0.25, 0.3) is 0 Å². The van der Waals surface area contributed by atoms with Gasteiger partial charge in [-0.1, -0.05) is 68.7 Å². The van der Waals surface area contributed by atoms with Crippen molar-refractivity contribution in [3.63, 3.8) is 0 Å². The highest BCUT2D eigenvalue weighted by atomic mass is 16.1. The molecule has 4 nitrogen and oxygen atoms in total. The summed E-state index contributed by atoms with van der Waals surface area (Å²) < 4.78 is 0. The number of nitrogens with two attached hydrogens (primary N) is 1. The van der Waals surface area contributed by atoms with Crippen LogP contribution in [0.5, 0.6) is 0 Å². The number of hydrogen-bond donors (Lipinski definition) is 3. The van der Waals surface area contributed by atoms with Gasteiger partial charge in [-0.15, -0.1) is 0 Å². The van der Waals surface area contributed by atoms with Gasteiger partial charge in [-0.05, 0) is 34.5 Å². The van der Waals surface area contributed by atoms with E-state index in [0.717, 1.165) is 32.4 Å². The standard InChI is InChI=1S/C20H43N3O/c1-10-17(2,3)12-19(6,7)14-22-16(24)11-18(4,5)13-20(8,9)15-23-21/h23H,10-15,21H2,1-9H3,(H,22,24). The lowest BCUT2D eigenvalue weighted by molar-refractivity contribution is -0.124. The zero-order valence-electron chi connectivity index (χ0n) is 17.7. The average Bonchev–Trinajstić information content (AvgIpc) is 2.33. The van der Waals surface area contributed by atoms with Gasteiger partial charge in [0.1, 0.15) is 0 Å². The third kappa shape index (κ3) is 10.3. The van der Waals surface area contributed by atoms with Gasteiger partial charge in [0.15, 0.2) is 0 Å². The van der Waals surface area contributed by atoms with E-state index in [4.69, 9.17) is 5.84 Å². The van der Waals surface area contributed by atoms with Crippen LogP contribution in [-0.4, -0.2) is 19.0 Å². The first-order chi connectivity index (χ1) is 10.6. The van der Waals surface area contributed by atoms with E-state index in [9.17, 15) is 4.79 Å². The Balaban J connectivity index is 4.52. The molecule has 0 aromatic rings. The highest BCUT2D eigenvalue weighted by molar-refractivity contribution is 5.76. The van der Waals surface area contributed by atoms with Crippen molar-refractivity contribution >= 4 is 5.91 Å². The molecule has 24 heavy (non-hydrogen) atoms. The van der Waals surface area contributed by atoms with Crippen LogP contribution in [0.15, 0.2) is 0 Å². The summed E-state index contributed by atoms with van der Waals surface area (Å²) >= 11 is 0. The second-order valence-corrected chi connectivity index (χ2v) is 10.7. The fourth-order valence-electron chi connectivity index (χ4n) is 4.01. The largest absolute Gasteiger partial charge is 0.356 e. The first-order valence-electron chi connectivity index (χ1n) is 9.34. The Labute approximate surface area is 150 Å². The Hall–Kier alpha value is -0.610. The molecule has 0 aromatic heterocycles. The second kappa shape index (κ2) is 8.66. The molecule has 0 aliphatic heterocycles. The summed E-state index contributed by atoms with van der Waals surface area (Å²) in [4.78, 5) is 12.4. The van der Waals surface area contributed by atoms with Crippen LogP contribution in [0.25, 0.3) is 0 Å². The summed E-state index contributed by atoms with van der Waals surface area (Å²) in [6, 6.07) is 0. The Morgan fingerprint density at radius 1 is 0.792 bits per heavy atom. The zero-order chi connectivity index (χ0) is 19.2. The van der Waals surface area contributed by atoms with E-state index in [2.05, 4.69) is 73.1 Å². The number of hydrogen-bond acceptors (Lipinski definition) is 3. The van der Waals surface area contributed by atoms with Gasteiger partial charge in [0.2, 0.25) is 5.91 Å². The Morgan fingerprint density at radius 2 is 1.25 bits per heavy atom. The molecular formula is C20H43N3O. The van der Waals surface area contributed by atoms with Gasteiger partial charge in [-0.3, -0.25) is 16.1 Å². The maximum absolute atomic E-state index is 12.4. The predicted molar refractivity (Wildman–Crippen MR) is 104 cm³/mol. The normalized spacial score (nSPS) is 13.9. The molecule has 0 rings (SSSR count). The Bertz CT molecular complexity index is 398. The van der Waals surface area contributed by atoms with Gasteiger partial charge in [-0.2, -0.15) is 0 Å². The van der Waals surface area contributed by atoms with Crippen LogP contribution in [0.2, 0.25) is 0 Å². The lowest BCUT2D eigenvalue weighted by atomic mass is 9.72. The van der Waals surface area contributed by atoms with Crippen LogP contribution < -0.4 is 16.6 Å². The molecule has 0 aliphatic carbocycles. The number of nitrogens with one attached hydrogen (secondary N) is 2. The highest BCUT2D eigenvalue weighted by Crippen LogP contribution is 2.37. The zero-order valence-corrected chi connectivity index (χ0v) is 17.7. The summed E-state index contributed by atoms with van der Waals surface area (Å²) in [7, 11) is 0. The fraction of sp³-hybridized carbons (Fsp3) is 0.950. The molecule has 4 heteroatoms. The van der Waals surface area contributed by atoms with E-state index < -0.39 is 0 Å². The summed E-state index contributed by atoms with van der Waals surface area (Å²) in [6.07, 6.45) is 3.76. The topological polar surface area (TPSA) is 67.2 Å². The molecule has 0 saturated heterocycles. The summed E-state index contributed by atoms with van der Waals surface area (Å²) in [6.45, 7) is 21.5. The molecule has 0 saturated carbocycles. The van der Waals surface area contributed by atoms with Crippen molar-refractivity contribution in [2.24, 2.45) is 27.5 Å². The van der Waals surface area contributed by atoms with Crippen molar-refractivity contribution < 1.29 is 4.79 Å². The van der Waals surface area contributed by atoms with Crippen LogP contribution >= 0.6 is 0 Å². The van der Waals surface area contributed by atoms with Crippen molar-refractivity contribution in [3.8, 4) is 0 Å². The van der Waals surface area contributed by atoms with Crippen molar-refractivity contribution in [2.75, 3.05) is 13.1 Å². The molecule has 4 N–H and O–H groups in total. The van der Waals surface area contributed by atoms with E-state index in [1.54, 1.807) is 0 Å². The van der Waals surface area contributed by atoms with E-state index >= 15 is 0 Å². The molecule has 1 amide bonds. The van der Waals surface area contributed by atoms with Crippen molar-refractivity contribution in [1.29, 1.82) is 0 Å². The molecule has 0 bridgehead atoms. The molecule has 144 valence electrons. The van der Waals surface area contributed by atoms with E-state index in [-0.39, 0.29) is 22.2 Å². The smallest absolute Gasteiger partial charge is 0.220 e. The average molecular weight is 342 g/mol. The van der Waals surface area contributed by atoms with Gasteiger partial charge in [-0.25, -0.2) is 0 Å². The number of hydrazine groups is 1. The monoisotopic (exact) mass is 341 g/mol. The van der Waals surface area contributed by atoms with Crippen molar-refractivity contribution in [2.45, 2.75) is 88.0 Å². The third-order valence-electron chi connectivity index (χ3n) is 4.86. The lowest BCUT2D eigenvalue weighted by Crippen LogP contribution is -2.40. The molecule has 0 unspecified atom stereocenters. The molecule has 0 radical (unpaired) electrons. The van der Waals surface area contributed by atoms with Gasteiger partial charge >= 0.3 is 0 Å². The van der Waals surface area contributed by atoms with Crippen LogP contribution in [0.3, 0.4) is 0 Å². The van der Waals surface area contributed by atoms with Gasteiger partial charge in [0, 0.05) is 19.5 Å². The molecule has 0 aliphatic rings. The van der Waals surface area contributed by atoms with Gasteiger partial charge < -0.3 is 5.32 Å². The molecule has 0 spiro atoms. The second-order valence-electron chi connectivity index (χ2n) is 10.7. The maximum atomic E-state index is 12.4. The quantitative estimate of drug-likeness (QED) is 0.389. The molecule has 0 aromatic carbocycles. The number of carbonyl (C=O) groups is 1. The highest BCUT2D eigenvalue weighted by Gasteiger charge is 2.32. The van der Waals surface area contributed by atoms with Crippen molar-refractivity contribution in [1.82, 2.24) is 10.7 Å². The Kier molecular flexibility index (Phi) is 8.44. The van der Waals surface area contributed by atoms with E-state index in [1.807, 2.05) is 0 Å². The lowest BCUT2D eigenvalue weighted by Gasteiger charge is -2.36. The van der Waals surface area contributed by atoms with Gasteiger partial charge in [0.05, 0.1) is 0 Å². The first-order valence-corrected chi connectivity index (χ1v) is 9.34. The van der Waals surface area contributed by atoms with Crippen LogP contribution in [0, 0.1) is 21.7 Å². The number of carbonyl (C=O) groups excluding carboxylic acids is 1. The maximum Gasteiger partial charge on any atom is 0.220 e. The summed E-state index contributed by atoms with van der Waals surface area (Å²) in [5.41, 5.74) is 3.21. The minimum atomic E-state index is -0.0444. The number of amides is 1. The fourth-order valence-corrected chi connectivity index (χ4v) is 4.01. The van der Waals surface area contributed by atoms with Crippen LogP contribution in [-0.2, 0) is 4.79 Å². The molecule has 0 atom stereocenters. The molecular weight excluding hydrogens is 298 g/mol. The minimum Gasteiger partial charge on any atom is -0.356 e. The minimum absolute atomic E-state index is 0.0444. The van der Waals surface area contributed by atoms with Crippen LogP contribution in [0.1, 0.15) is 88.0 Å². The SMILES string of the molecule is CCC(C)(C)CC(C)(C)CNC(=O)CC(C)(C)CC(C)(C)CNN. The van der Waals surface area contributed by atoms with Crippen molar-refractivity contribution in [3.05, 3.63) is 0 Å². The Morgan fingerprint density at radius 3 is 1.71 bits per heavy atom. The van der Waals surface area contributed by atoms with Crippen LogP contribution in [0.4, 0.5) is 0 Å². The van der Waals surface area contributed by atoms with E-state index in [0.29, 0.717) is 11.8 Å².